The van der Waals surface area contributed by atoms with Gasteiger partial charge in [-0.05, 0) is 26.3 Å². The molecule has 0 aromatic carbocycles. The summed E-state index contributed by atoms with van der Waals surface area (Å²) in [5.74, 6) is -0.334. The molecule has 114 valence electrons. The summed E-state index contributed by atoms with van der Waals surface area (Å²) in [6.45, 7) is 6.25. The van der Waals surface area contributed by atoms with Crippen LogP contribution in [0.5, 0.6) is 0 Å². The van der Waals surface area contributed by atoms with Crippen molar-refractivity contribution >= 4 is 17.5 Å². The Bertz CT molecular complexity index is 608. The van der Waals surface area contributed by atoms with Crippen LogP contribution in [0.1, 0.15) is 33.6 Å². The van der Waals surface area contributed by atoms with E-state index in [1.54, 1.807) is 16.8 Å². The standard InChI is InChI=1S/C15H21N3O3/c1-4-10(3)18-14(20)8-12(15(18)21)16-11-6-7-13(19)17(5-2)9-11/h6-7,9-10,12,16H,4-5,8H2,1-3H3. The van der Waals surface area contributed by atoms with Crippen LogP contribution in [-0.2, 0) is 16.1 Å². The molecule has 6 heteroatoms. The van der Waals surface area contributed by atoms with E-state index in [-0.39, 0.29) is 29.8 Å². The smallest absolute Gasteiger partial charge is 0.252 e. The number of aromatic nitrogens is 1. The fourth-order valence-electron chi connectivity index (χ4n) is 2.47. The Balaban J connectivity index is 2.16. The number of likely N-dealkylation sites (tertiary alicyclic amines) is 1. The third-order valence-electron chi connectivity index (χ3n) is 3.88. The monoisotopic (exact) mass is 291 g/mol. The number of imide groups is 1. The lowest BCUT2D eigenvalue weighted by Gasteiger charge is -2.22. The quantitative estimate of drug-likeness (QED) is 0.828. The van der Waals surface area contributed by atoms with Crippen LogP contribution in [0.2, 0.25) is 0 Å². The van der Waals surface area contributed by atoms with E-state index in [0.717, 1.165) is 6.42 Å². The zero-order chi connectivity index (χ0) is 15.6. The van der Waals surface area contributed by atoms with E-state index in [2.05, 4.69) is 5.32 Å². The second-order valence-corrected chi connectivity index (χ2v) is 5.30. The molecule has 0 aliphatic carbocycles. The van der Waals surface area contributed by atoms with Gasteiger partial charge >= 0.3 is 0 Å². The molecule has 6 nitrogen and oxygen atoms in total. The number of nitrogens with one attached hydrogen (secondary N) is 1. The number of carbonyl (C=O) groups excluding carboxylic acids is 2. The van der Waals surface area contributed by atoms with Gasteiger partial charge in [0, 0.05) is 24.8 Å². The molecule has 1 saturated heterocycles. The minimum absolute atomic E-state index is 0.0820. The Hall–Kier alpha value is -2.11. The number of aryl methyl sites for hydroxylation is 1. The van der Waals surface area contributed by atoms with Crippen molar-refractivity contribution in [3.05, 3.63) is 28.7 Å². The summed E-state index contributed by atoms with van der Waals surface area (Å²) in [7, 11) is 0. The molecule has 0 spiro atoms. The molecule has 1 aromatic heterocycles. The number of rotatable bonds is 5. The molecule has 0 bridgehead atoms. The van der Waals surface area contributed by atoms with Crippen LogP contribution in [0, 0.1) is 0 Å². The van der Waals surface area contributed by atoms with Crippen LogP contribution in [0.15, 0.2) is 23.1 Å². The average Bonchev–Trinajstić information content (AvgIpc) is 2.74. The van der Waals surface area contributed by atoms with Crippen molar-refractivity contribution in [3.63, 3.8) is 0 Å². The molecule has 2 atom stereocenters. The minimum atomic E-state index is -0.547. The fourth-order valence-corrected chi connectivity index (χ4v) is 2.47. The summed E-state index contributed by atoms with van der Waals surface area (Å²) in [4.78, 5) is 37.2. The maximum absolute atomic E-state index is 12.3. The minimum Gasteiger partial charge on any atom is -0.372 e. The molecular formula is C15H21N3O3. The van der Waals surface area contributed by atoms with E-state index in [0.29, 0.717) is 12.2 Å². The van der Waals surface area contributed by atoms with E-state index in [9.17, 15) is 14.4 Å². The predicted molar refractivity (Wildman–Crippen MR) is 80.0 cm³/mol. The second kappa shape index (κ2) is 6.11. The van der Waals surface area contributed by atoms with Crippen molar-refractivity contribution in [2.75, 3.05) is 5.32 Å². The largest absolute Gasteiger partial charge is 0.372 e. The maximum atomic E-state index is 12.3. The lowest BCUT2D eigenvalue weighted by atomic mass is 10.2. The van der Waals surface area contributed by atoms with Crippen molar-refractivity contribution in [1.29, 1.82) is 0 Å². The van der Waals surface area contributed by atoms with Crippen LogP contribution in [0.3, 0.4) is 0 Å². The third-order valence-corrected chi connectivity index (χ3v) is 3.88. The van der Waals surface area contributed by atoms with Crippen molar-refractivity contribution in [2.24, 2.45) is 0 Å². The summed E-state index contributed by atoms with van der Waals surface area (Å²) < 4.78 is 1.55. The van der Waals surface area contributed by atoms with Gasteiger partial charge in [-0.1, -0.05) is 6.92 Å². The molecule has 2 unspecified atom stereocenters. The highest BCUT2D eigenvalue weighted by Gasteiger charge is 2.40. The van der Waals surface area contributed by atoms with E-state index in [4.69, 9.17) is 0 Å². The van der Waals surface area contributed by atoms with Gasteiger partial charge in [0.25, 0.3) is 11.5 Å². The SMILES string of the molecule is CCC(C)N1C(=O)CC(Nc2ccc(=O)n(CC)c2)C1=O. The number of carbonyl (C=O) groups is 2. The number of hydrogen-bond donors (Lipinski definition) is 1. The first kappa shape index (κ1) is 15.3. The summed E-state index contributed by atoms with van der Waals surface area (Å²) in [5, 5.41) is 3.06. The van der Waals surface area contributed by atoms with Crippen LogP contribution < -0.4 is 10.9 Å². The summed E-state index contributed by atoms with van der Waals surface area (Å²) >= 11 is 0. The molecule has 1 aliphatic rings. The first-order chi connectivity index (χ1) is 9.97. The highest BCUT2D eigenvalue weighted by atomic mass is 16.2. The van der Waals surface area contributed by atoms with Crippen molar-refractivity contribution in [3.8, 4) is 0 Å². The zero-order valence-corrected chi connectivity index (χ0v) is 12.6. The van der Waals surface area contributed by atoms with Crippen molar-refractivity contribution in [2.45, 2.75) is 52.2 Å². The Morgan fingerprint density at radius 3 is 2.62 bits per heavy atom. The molecule has 0 radical (unpaired) electrons. The Morgan fingerprint density at radius 2 is 2.00 bits per heavy atom. The molecule has 21 heavy (non-hydrogen) atoms. The van der Waals surface area contributed by atoms with Gasteiger partial charge in [0.05, 0.1) is 12.1 Å². The average molecular weight is 291 g/mol. The van der Waals surface area contributed by atoms with Gasteiger partial charge in [0.2, 0.25) is 5.91 Å². The van der Waals surface area contributed by atoms with E-state index in [1.165, 1.54) is 11.0 Å². The number of pyridine rings is 1. The topological polar surface area (TPSA) is 71.4 Å². The molecule has 2 heterocycles. The van der Waals surface area contributed by atoms with Gasteiger partial charge in [0.1, 0.15) is 6.04 Å². The van der Waals surface area contributed by atoms with E-state index < -0.39 is 6.04 Å². The second-order valence-electron chi connectivity index (χ2n) is 5.30. The molecule has 0 saturated carbocycles. The highest BCUT2D eigenvalue weighted by Crippen LogP contribution is 2.21. The molecule has 1 aromatic rings. The van der Waals surface area contributed by atoms with Gasteiger partial charge < -0.3 is 9.88 Å². The van der Waals surface area contributed by atoms with E-state index >= 15 is 0 Å². The zero-order valence-electron chi connectivity index (χ0n) is 12.6. The highest BCUT2D eigenvalue weighted by molar-refractivity contribution is 6.07. The first-order valence-electron chi connectivity index (χ1n) is 7.30. The number of anilines is 1. The van der Waals surface area contributed by atoms with Gasteiger partial charge in [0.15, 0.2) is 0 Å². The maximum Gasteiger partial charge on any atom is 0.252 e. The normalized spacial score (nSPS) is 20.0. The van der Waals surface area contributed by atoms with Gasteiger partial charge in [-0.3, -0.25) is 19.3 Å². The molecule has 2 rings (SSSR count). The van der Waals surface area contributed by atoms with E-state index in [1.807, 2.05) is 20.8 Å². The first-order valence-corrected chi connectivity index (χ1v) is 7.30. The lowest BCUT2D eigenvalue weighted by molar-refractivity contribution is -0.140. The van der Waals surface area contributed by atoms with Crippen LogP contribution in [0.4, 0.5) is 5.69 Å². The van der Waals surface area contributed by atoms with Crippen LogP contribution in [-0.4, -0.2) is 33.4 Å². The number of nitrogens with zero attached hydrogens (tertiary/aromatic N) is 2. The predicted octanol–water partition coefficient (Wildman–Crippen LogP) is 1.21. The fraction of sp³-hybridized carbons (Fsp3) is 0.533. The number of hydrogen-bond acceptors (Lipinski definition) is 4. The Kier molecular flexibility index (Phi) is 4.45. The molecule has 2 amide bonds. The number of amides is 2. The van der Waals surface area contributed by atoms with Gasteiger partial charge in [-0.15, -0.1) is 0 Å². The molecule has 1 aliphatic heterocycles. The molecular weight excluding hydrogens is 270 g/mol. The van der Waals surface area contributed by atoms with Crippen molar-refractivity contribution < 1.29 is 9.59 Å². The molecule has 1 fully saturated rings. The summed E-state index contributed by atoms with van der Waals surface area (Å²) in [6, 6.07) is 2.47. The van der Waals surface area contributed by atoms with Crippen LogP contribution in [0.25, 0.3) is 0 Å². The lowest BCUT2D eigenvalue weighted by Crippen LogP contribution is -2.40. The summed E-state index contributed by atoms with van der Waals surface area (Å²) in [5.41, 5.74) is 0.590. The van der Waals surface area contributed by atoms with Crippen molar-refractivity contribution in [1.82, 2.24) is 9.47 Å². The Morgan fingerprint density at radius 1 is 1.29 bits per heavy atom. The third kappa shape index (κ3) is 2.99. The van der Waals surface area contributed by atoms with Crippen LogP contribution >= 0.6 is 0 Å². The molecule has 1 N–H and O–H groups in total. The van der Waals surface area contributed by atoms with Gasteiger partial charge in [-0.2, -0.15) is 0 Å². The summed E-state index contributed by atoms with van der Waals surface area (Å²) in [6.07, 6.45) is 2.57. The Labute approximate surface area is 123 Å². The van der Waals surface area contributed by atoms with Gasteiger partial charge in [-0.25, -0.2) is 0 Å².